The predicted octanol–water partition coefficient (Wildman–Crippen LogP) is 2.56. The maximum atomic E-state index is 12.7. The average Bonchev–Trinajstić information content (AvgIpc) is 3.08. The maximum absolute atomic E-state index is 12.7. The van der Waals surface area contributed by atoms with Crippen LogP contribution in [0.25, 0.3) is 0 Å². The van der Waals surface area contributed by atoms with Gasteiger partial charge in [-0.1, -0.05) is 6.07 Å². The Morgan fingerprint density at radius 1 is 1.28 bits per heavy atom. The van der Waals surface area contributed by atoms with Crippen molar-refractivity contribution in [2.24, 2.45) is 0 Å². The molecule has 0 aliphatic carbocycles. The molecule has 0 saturated carbocycles. The molecule has 0 spiro atoms. The Bertz CT molecular complexity index is 851. The zero-order valence-electron chi connectivity index (χ0n) is 17.1. The zero-order valence-corrected chi connectivity index (χ0v) is 17.1. The van der Waals surface area contributed by atoms with Gasteiger partial charge >= 0.3 is 0 Å². The number of hydrogen-bond donors (Lipinski definition) is 1. The van der Waals surface area contributed by atoms with Crippen LogP contribution in [-0.4, -0.2) is 61.2 Å². The number of anilines is 2. The monoisotopic (exact) mass is 396 g/mol. The number of hydrogen-bond acceptors (Lipinski definition) is 6. The highest BCUT2D eigenvalue weighted by Gasteiger charge is 2.24. The largest absolute Gasteiger partial charge is 0.492 e. The zero-order chi connectivity index (χ0) is 20.2. The molecule has 3 heterocycles. The molecule has 1 fully saturated rings. The molecule has 154 valence electrons. The summed E-state index contributed by atoms with van der Waals surface area (Å²) in [6.07, 6.45) is 2.83. The summed E-state index contributed by atoms with van der Waals surface area (Å²) in [4.78, 5) is 21.5. The number of piperazine rings is 1. The van der Waals surface area contributed by atoms with E-state index in [1.54, 1.807) is 0 Å². The number of pyridine rings is 1. The third-order valence-electron chi connectivity index (χ3n) is 5.28. The summed E-state index contributed by atoms with van der Waals surface area (Å²) in [6.45, 7) is 8.27. The number of benzene rings is 1. The molecule has 0 radical (unpaired) electrons. The summed E-state index contributed by atoms with van der Waals surface area (Å²) < 4.78 is 11.6. The van der Waals surface area contributed by atoms with Crippen LogP contribution in [0.4, 0.5) is 11.5 Å². The number of ether oxygens (including phenoxy) is 2. The number of nitrogens with one attached hydrogen (secondary N) is 1. The summed E-state index contributed by atoms with van der Waals surface area (Å²) in [5.41, 5.74) is 1.81. The van der Waals surface area contributed by atoms with Gasteiger partial charge in [-0.05, 0) is 32.0 Å². The van der Waals surface area contributed by atoms with E-state index in [4.69, 9.17) is 9.47 Å². The lowest BCUT2D eigenvalue weighted by Crippen LogP contribution is -2.48. The third kappa shape index (κ3) is 4.62. The second-order valence-electron chi connectivity index (χ2n) is 7.52. The van der Waals surface area contributed by atoms with Gasteiger partial charge in [0.25, 0.3) is 0 Å². The van der Waals surface area contributed by atoms with Crippen LogP contribution >= 0.6 is 0 Å². The minimum Gasteiger partial charge on any atom is -0.492 e. The van der Waals surface area contributed by atoms with Crippen LogP contribution in [0.5, 0.6) is 11.5 Å². The van der Waals surface area contributed by atoms with Gasteiger partial charge < -0.3 is 19.7 Å². The Kier molecular flexibility index (Phi) is 5.85. The fraction of sp³-hybridized carbons (Fsp3) is 0.455. The van der Waals surface area contributed by atoms with Gasteiger partial charge in [0.15, 0.2) is 0 Å². The topological polar surface area (TPSA) is 66.9 Å². The first-order valence-corrected chi connectivity index (χ1v) is 10.3. The maximum Gasteiger partial charge on any atom is 0.238 e. The van der Waals surface area contributed by atoms with Crippen LogP contribution in [0.15, 0.2) is 36.5 Å². The summed E-state index contributed by atoms with van der Waals surface area (Å²) in [5.74, 6) is 2.49. The molecule has 0 bridgehead atoms. The van der Waals surface area contributed by atoms with Crippen molar-refractivity contribution in [1.29, 1.82) is 0 Å². The molecular weight excluding hydrogens is 368 g/mol. The molecule has 1 atom stereocenters. The van der Waals surface area contributed by atoms with E-state index in [2.05, 4.69) is 20.1 Å². The van der Waals surface area contributed by atoms with Gasteiger partial charge in [-0.15, -0.1) is 0 Å². The van der Waals surface area contributed by atoms with Crippen LogP contribution in [-0.2, 0) is 11.2 Å². The standard InChI is InChI=1S/C22H28N4O3/c1-3-28-20-13-17-12-16(2)29-19(17)14-18(20)24-22(27)15-25-8-10-26(11-9-25)21-6-4-5-7-23-21/h4-7,13-14,16H,3,8-12,15H2,1-2H3,(H,24,27). The molecule has 1 aromatic carbocycles. The van der Waals surface area contributed by atoms with Crippen molar-refractivity contribution in [3.05, 3.63) is 42.1 Å². The van der Waals surface area contributed by atoms with Crippen molar-refractivity contribution in [3.8, 4) is 11.5 Å². The molecule has 2 aliphatic heterocycles. The quantitative estimate of drug-likeness (QED) is 0.810. The highest BCUT2D eigenvalue weighted by atomic mass is 16.5. The van der Waals surface area contributed by atoms with Crippen molar-refractivity contribution >= 4 is 17.4 Å². The van der Waals surface area contributed by atoms with Crippen LogP contribution in [0, 0.1) is 0 Å². The number of carbonyl (C=O) groups excluding carboxylic acids is 1. The van der Waals surface area contributed by atoms with Crippen molar-refractivity contribution < 1.29 is 14.3 Å². The number of nitrogens with zero attached hydrogens (tertiary/aromatic N) is 3. The molecule has 1 amide bonds. The number of rotatable bonds is 6. The number of fused-ring (bicyclic) bond motifs is 1. The van der Waals surface area contributed by atoms with Gasteiger partial charge in [-0.25, -0.2) is 4.98 Å². The second kappa shape index (κ2) is 8.69. The molecular formula is C22H28N4O3. The number of amides is 1. The summed E-state index contributed by atoms with van der Waals surface area (Å²) in [7, 11) is 0. The van der Waals surface area contributed by atoms with E-state index >= 15 is 0 Å². The molecule has 2 aliphatic rings. The van der Waals surface area contributed by atoms with E-state index in [1.165, 1.54) is 0 Å². The van der Waals surface area contributed by atoms with Crippen molar-refractivity contribution in [2.75, 3.05) is 49.5 Å². The lowest BCUT2D eigenvalue weighted by atomic mass is 10.1. The third-order valence-corrected chi connectivity index (χ3v) is 5.28. The van der Waals surface area contributed by atoms with Gasteiger partial charge in [0, 0.05) is 50.4 Å². The molecule has 2 aromatic rings. The Morgan fingerprint density at radius 3 is 2.83 bits per heavy atom. The molecule has 1 saturated heterocycles. The Morgan fingerprint density at radius 2 is 2.10 bits per heavy atom. The number of aromatic nitrogens is 1. The first-order valence-electron chi connectivity index (χ1n) is 10.3. The molecule has 4 rings (SSSR count). The first-order chi connectivity index (χ1) is 14.1. The molecule has 7 heteroatoms. The second-order valence-corrected chi connectivity index (χ2v) is 7.52. The van der Waals surface area contributed by atoms with Crippen LogP contribution in [0.2, 0.25) is 0 Å². The first kappa shape index (κ1) is 19.5. The van der Waals surface area contributed by atoms with E-state index in [0.29, 0.717) is 24.6 Å². The SMILES string of the molecule is CCOc1cc2c(cc1NC(=O)CN1CCN(c3ccccn3)CC1)OC(C)C2. The lowest BCUT2D eigenvalue weighted by molar-refractivity contribution is -0.117. The minimum atomic E-state index is -0.0387. The molecule has 29 heavy (non-hydrogen) atoms. The van der Waals surface area contributed by atoms with Gasteiger partial charge in [0.1, 0.15) is 23.4 Å². The van der Waals surface area contributed by atoms with Gasteiger partial charge in [0.2, 0.25) is 5.91 Å². The van der Waals surface area contributed by atoms with Crippen LogP contribution < -0.4 is 19.7 Å². The predicted molar refractivity (Wildman–Crippen MR) is 113 cm³/mol. The summed E-state index contributed by atoms with van der Waals surface area (Å²) in [6, 6.07) is 9.82. The molecule has 7 nitrogen and oxygen atoms in total. The van der Waals surface area contributed by atoms with Crippen LogP contribution in [0.1, 0.15) is 19.4 Å². The summed E-state index contributed by atoms with van der Waals surface area (Å²) >= 11 is 0. The normalized spacial score (nSPS) is 18.8. The lowest BCUT2D eigenvalue weighted by Gasteiger charge is -2.35. The molecule has 1 unspecified atom stereocenters. The van der Waals surface area contributed by atoms with Crippen molar-refractivity contribution in [3.63, 3.8) is 0 Å². The van der Waals surface area contributed by atoms with Crippen molar-refractivity contribution in [2.45, 2.75) is 26.4 Å². The van der Waals surface area contributed by atoms with Crippen molar-refractivity contribution in [1.82, 2.24) is 9.88 Å². The smallest absolute Gasteiger partial charge is 0.238 e. The van der Waals surface area contributed by atoms with E-state index in [1.807, 2.05) is 50.4 Å². The molecule has 1 N–H and O–H groups in total. The fourth-order valence-corrected chi connectivity index (χ4v) is 3.88. The minimum absolute atomic E-state index is 0.0387. The highest BCUT2D eigenvalue weighted by molar-refractivity contribution is 5.94. The fourth-order valence-electron chi connectivity index (χ4n) is 3.88. The van der Waals surface area contributed by atoms with E-state index in [0.717, 1.165) is 49.7 Å². The average molecular weight is 396 g/mol. The molecule has 1 aromatic heterocycles. The Hall–Kier alpha value is -2.80. The van der Waals surface area contributed by atoms with E-state index in [9.17, 15) is 4.79 Å². The highest BCUT2D eigenvalue weighted by Crippen LogP contribution is 2.38. The Labute approximate surface area is 171 Å². The van der Waals surface area contributed by atoms with Crippen LogP contribution in [0.3, 0.4) is 0 Å². The Balaban J connectivity index is 1.35. The van der Waals surface area contributed by atoms with Gasteiger partial charge in [-0.3, -0.25) is 9.69 Å². The van der Waals surface area contributed by atoms with E-state index < -0.39 is 0 Å². The van der Waals surface area contributed by atoms with Gasteiger partial charge in [-0.2, -0.15) is 0 Å². The number of carbonyl (C=O) groups is 1. The van der Waals surface area contributed by atoms with E-state index in [-0.39, 0.29) is 12.0 Å². The summed E-state index contributed by atoms with van der Waals surface area (Å²) in [5, 5.41) is 3.02. The van der Waals surface area contributed by atoms with Gasteiger partial charge in [0.05, 0.1) is 18.8 Å².